The average Bonchev–Trinajstić information content (AvgIpc) is 2.61. The van der Waals surface area contributed by atoms with Crippen LogP contribution >= 0.6 is 0 Å². The quantitative estimate of drug-likeness (QED) is 0.698. The van der Waals surface area contributed by atoms with Crippen molar-refractivity contribution in [1.29, 1.82) is 0 Å². The molecule has 2 aromatic carbocycles. The normalized spacial score (nSPS) is 10.7. The van der Waals surface area contributed by atoms with Crippen LogP contribution in [0.25, 0.3) is 0 Å². The molecule has 0 saturated heterocycles. The number of benzene rings is 2. The molecular formula is C20H21F2NO4. The highest BCUT2D eigenvalue weighted by Gasteiger charge is 2.14. The number of para-hydroxylation sites is 2. The summed E-state index contributed by atoms with van der Waals surface area (Å²) in [6.45, 7) is 0.645. The third-order valence-corrected chi connectivity index (χ3v) is 3.55. The van der Waals surface area contributed by atoms with Gasteiger partial charge in [0, 0.05) is 0 Å². The first kappa shape index (κ1) is 20.4. The number of alkyl halides is 2. The van der Waals surface area contributed by atoms with Gasteiger partial charge in [-0.1, -0.05) is 38.1 Å². The SMILES string of the molecule is CC(C)Cc1ccc(C(=O)OCC(=O)Nc2ccccc2OC(F)F)cc1. The van der Waals surface area contributed by atoms with Crippen molar-refractivity contribution in [3.63, 3.8) is 0 Å². The van der Waals surface area contributed by atoms with Gasteiger partial charge in [-0.3, -0.25) is 4.79 Å². The van der Waals surface area contributed by atoms with E-state index < -0.39 is 25.1 Å². The van der Waals surface area contributed by atoms with Crippen LogP contribution < -0.4 is 10.1 Å². The summed E-state index contributed by atoms with van der Waals surface area (Å²) < 4.78 is 34.0. The Morgan fingerprint density at radius 2 is 1.70 bits per heavy atom. The molecule has 2 aromatic rings. The second-order valence-electron chi connectivity index (χ2n) is 6.29. The van der Waals surface area contributed by atoms with Crippen LogP contribution in [0.4, 0.5) is 14.5 Å². The molecule has 0 aliphatic heterocycles. The van der Waals surface area contributed by atoms with Crippen molar-refractivity contribution in [1.82, 2.24) is 0 Å². The van der Waals surface area contributed by atoms with Crippen LogP contribution in [0.15, 0.2) is 48.5 Å². The van der Waals surface area contributed by atoms with Crippen molar-refractivity contribution >= 4 is 17.6 Å². The number of hydrogen-bond donors (Lipinski definition) is 1. The third kappa shape index (κ3) is 6.69. The van der Waals surface area contributed by atoms with Crippen molar-refractivity contribution in [3.05, 3.63) is 59.7 Å². The molecule has 0 aromatic heterocycles. The molecule has 0 aliphatic rings. The topological polar surface area (TPSA) is 64.6 Å². The second-order valence-corrected chi connectivity index (χ2v) is 6.29. The lowest BCUT2D eigenvalue weighted by molar-refractivity contribution is -0.119. The van der Waals surface area contributed by atoms with Gasteiger partial charge in [-0.05, 0) is 42.2 Å². The molecule has 0 bridgehead atoms. The minimum Gasteiger partial charge on any atom is -0.452 e. The Labute approximate surface area is 156 Å². The van der Waals surface area contributed by atoms with Gasteiger partial charge in [-0.2, -0.15) is 8.78 Å². The van der Waals surface area contributed by atoms with Gasteiger partial charge in [-0.25, -0.2) is 4.79 Å². The first-order valence-electron chi connectivity index (χ1n) is 8.45. The second kappa shape index (κ2) is 9.66. The number of ether oxygens (including phenoxy) is 2. The smallest absolute Gasteiger partial charge is 0.387 e. The van der Waals surface area contributed by atoms with Crippen LogP contribution in [0, 0.1) is 5.92 Å². The van der Waals surface area contributed by atoms with Gasteiger partial charge in [0.2, 0.25) is 0 Å². The fourth-order valence-electron chi connectivity index (χ4n) is 2.42. The highest BCUT2D eigenvalue weighted by molar-refractivity contribution is 5.96. The maximum Gasteiger partial charge on any atom is 0.387 e. The molecule has 0 radical (unpaired) electrons. The van der Waals surface area contributed by atoms with Crippen molar-refractivity contribution in [2.75, 3.05) is 11.9 Å². The lowest BCUT2D eigenvalue weighted by atomic mass is 10.0. The molecule has 27 heavy (non-hydrogen) atoms. The van der Waals surface area contributed by atoms with Crippen molar-refractivity contribution in [2.24, 2.45) is 5.92 Å². The number of carbonyl (C=O) groups is 2. The summed E-state index contributed by atoms with van der Waals surface area (Å²) in [6.07, 6.45) is 0.901. The van der Waals surface area contributed by atoms with Crippen LogP contribution in [0.1, 0.15) is 29.8 Å². The standard InChI is InChI=1S/C20H21F2NO4/c1-13(2)11-14-7-9-15(10-8-14)19(25)26-12-18(24)23-16-5-3-4-6-17(16)27-20(21)22/h3-10,13,20H,11-12H2,1-2H3,(H,23,24). The van der Waals surface area contributed by atoms with E-state index in [1.54, 1.807) is 18.2 Å². The van der Waals surface area contributed by atoms with E-state index in [9.17, 15) is 18.4 Å². The van der Waals surface area contributed by atoms with E-state index in [2.05, 4.69) is 23.9 Å². The summed E-state index contributed by atoms with van der Waals surface area (Å²) in [4.78, 5) is 24.0. The van der Waals surface area contributed by atoms with Gasteiger partial charge in [0.15, 0.2) is 6.61 Å². The number of carbonyl (C=O) groups excluding carboxylic acids is 2. The number of halogens is 2. The molecule has 7 heteroatoms. The van der Waals surface area contributed by atoms with Gasteiger partial charge in [0.1, 0.15) is 5.75 Å². The molecule has 0 fully saturated rings. The number of hydrogen-bond acceptors (Lipinski definition) is 4. The molecule has 0 aliphatic carbocycles. The molecule has 0 unspecified atom stereocenters. The minimum atomic E-state index is -3.01. The maximum atomic E-state index is 12.4. The Kier molecular flexibility index (Phi) is 7.28. The van der Waals surface area contributed by atoms with Crippen LogP contribution in [0.3, 0.4) is 0 Å². The molecule has 1 N–H and O–H groups in total. The van der Waals surface area contributed by atoms with E-state index in [0.29, 0.717) is 11.5 Å². The van der Waals surface area contributed by atoms with Crippen LogP contribution in [0.2, 0.25) is 0 Å². The van der Waals surface area contributed by atoms with Gasteiger partial charge in [0.25, 0.3) is 5.91 Å². The Hall–Kier alpha value is -2.96. The number of nitrogens with one attached hydrogen (secondary N) is 1. The van der Waals surface area contributed by atoms with Crippen LogP contribution in [-0.4, -0.2) is 25.1 Å². The Morgan fingerprint density at radius 1 is 1.04 bits per heavy atom. The molecule has 0 spiro atoms. The fraction of sp³-hybridized carbons (Fsp3) is 0.300. The maximum absolute atomic E-state index is 12.4. The highest BCUT2D eigenvalue weighted by atomic mass is 19.3. The predicted octanol–water partition coefficient (Wildman–Crippen LogP) is 4.28. The van der Waals surface area contributed by atoms with Gasteiger partial charge in [-0.15, -0.1) is 0 Å². The fourth-order valence-corrected chi connectivity index (χ4v) is 2.42. The molecule has 144 valence electrons. The summed E-state index contributed by atoms with van der Waals surface area (Å²) in [6, 6.07) is 12.7. The zero-order chi connectivity index (χ0) is 19.8. The van der Waals surface area contributed by atoms with E-state index in [0.717, 1.165) is 12.0 Å². The number of amides is 1. The molecule has 0 saturated carbocycles. The van der Waals surface area contributed by atoms with Crippen molar-refractivity contribution in [3.8, 4) is 5.75 Å². The molecule has 2 rings (SSSR count). The van der Waals surface area contributed by atoms with Crippen molar-refractivity contribution in [2.45, 2.75) is 26.9 Å². The third-order valence-electron chi connectivity index (χ3n) is 3.55. The summed E-state index contributed by atoms with van der Waals surface area (Å²) in [5.74, 6) is -0.972. The number of esters is 1. The van der Waals surface area contributed by atoms with E-state index in [4.69, 9.17) is 4.74 Å². The molecule has 0 heterocycles. The summed E-state index contributed by atoms with van der Waals surface area (Å²) in [7, 11) is 0. The zero-order valence-corrected chi connectivity index (χ0v) is 15.1. The van der Waals surface area contributed by atoms with Crippen LogP contribution in [0.5, 0.6) is 5.75 Å². The highest BCUT2D eigenvalue weighted by Crippen LogP contribution is 2.25. The Bertz CT molecular complexity index is 776. The predicted molar refractivity (Wildman–Crippen MR) is 97.0 cm³/mol. The first-order valence-corrected chi connectivity index (χ1v) is 8.45. The molecule has 1 amide bonds. The van der Waals surface area contributed by atoms with E-state index in [1.165, 1.54) is 18.2 Å². The van der Waals surface area contributed by atoms with E-state index in [-0.39, 0.29) is 11.4 Å². The largest absolute Gasteiger partial charge is 0.452 e. The van der Waals surface area contributed by atoms with Gasteiger partial charge >= 0.3 is 12.6 Å². The lowest BCUT2D eigenvalue weighted by Gasteiger charge is -2.12. The summed E-state index contributed by atoms with van der Waals surface area (Å²) in [5, 5.41) is 2.38. The summed E-state index contributed by atoms with van der Waals surface area (Å²) >= 11 is 0. The first-order chi connectivity index (χ1) is 12.8. The minimum absolute atomic E-state index is 0.0666. The van der Waals surface area contributed by atoms with Gasteiger partial charge in [0.05, 0.1) is 11.3 Å². The van der Waals surface area contributed by atoms with E-state index in [1.807, 2.05) is 12.1 Å². The summed E-state index contributed by atoms with van der Waals surface area (Å²) in [5.41, 5.74) is 1.50. The Morgan fingerprint density at radius 3 is 2.33 bits per heavy atom. The molecule has 0 atom stereocenters. The molecule has 5 nitrogen and oxygen atoms in total. The molecular weight excluding hydrogens is 356 g/mol. The number of anilines is 1. The van der Waals surface area contributed by atoms with Crippen LogP contribution in [-0.2, 0) is 16.0 Å². The zero-order valence-electron chi connectivity index (χ0n) is 15.1. The van der Waals surface area contributed by atoms with Gasteiger partial charge < -0.3 is 14.8 Å². The van der Waals surface area contributed by atoms with E-state index >= 15 is 0 Å². The number of rotatable bonds is 8. The lowest BCUT2D eigenvalue weighted by Crippen LogP contribution is -2.21. The monoisotopic (exact) mass is 377 g/mol. The van der Waals surface area contributed by atoms with Crippen molar-refractivity contribution < 1.29 is 27.8 Å². The average molecular weight is 377 g/mol. The Balaban J connectivity index is 1.89.